The van der Waals surface area contributed by atoms with Gasteiger partial charge in [0, 0.05) is 28.3 Å². The van der Waals surface area contributed by atoms with Crippen molar-refractivity contribution in [1.29, 1.82) is 0 Å². The molecule has 192 valence electrons. The van der Waals surface area contributed by atoms with Crippen LogP contribution in [0.2, 0.25) is 5.02 Å². The molecular formula is C23H25ClN4O5S3. The Morgan fingerprint density at radius 1 is 1.31 bits per heavy atom. The fraction of sp³-hybridized carbons (Fsp3) is 0.435. The predicted octanol–water partition coefficient (Wildman–Crippen LogP) is 2.96. The zero-order valence-corrected chi connectivity index (χ0v) is 22.7. The van der Waals surface area contributed by atoms with E-state index in [-0.39, 0.29) is 42.3 Å². The van der Waals surface area contributed by atoms with Crippen molar-refractivity contribution in [1.82, 2.24) is 14.2 Å². The lowest BCUT2D eigenvalue weighted by molar-refractivity contribution is -0.140. The standard InChI is InChI=1S/C23H25ClN4O5S3/c1-33-12-15-9-27(36(31,32)21-7-13-5-6-14(24)8-18(13)35-21)11-20(29)28(15)10-19-26-22-16(23(25)30)3-2-4-17(22)34-19/h5-8,15-16H,2-4,9-12H2,1H3,(H2,25,30). The van der Waals surface area contributed by atoms with Crippen molar-refractivity contribution in [2.75, 3.05) is 26.8 Å². The Hall–Kier alpha value is -2.09. The number of thiophene rings is 1. The third-order valence-electron chi connectivity index (χ3n) is 6.55. The summed E-state index contributed by atoms with van der Waals surface area (Å²) in [6.07, 6.45) is 2.38. The molecular weight excluding hydrogens is 544 g/mol. The molecule has 1 aliphatic heterocycles. The molecule has 9 nitrogen and oxygen atoms in total. The summed E-state index contributed by atoms with van der Waals surface area (Å²) in [4.78, 5) is 32.4. The summed E-state index contributed by atoms with van der Waals surface area (Å²) in [6, 6.07) is 6.35. The number of nitrogens with zero attached hydrogens (tertiary/aromatic N) is 3. The van der Waals surface area contributed by atoms with E-state index in [1.54, 1.807) is 29.2 Å². The van der Waals surface area contributed by atoms with Gasteiger partial charge in [-0.1, -0.05) is 17.7 Å². The molecule has 1 aliphatic carbocycles. The van der Waals surface area contributed by atoms with E-state index in [1.165, 1.54) is 22.8 Å². The van der Waals surface area contributed by atoms with Gasteiger partial charge in [0.15, 0.2) is 0 Å². The number of methoxy groups -OCH3 is 1. The number of carbonyl (C=O) groups is 2. The first kappa shape index (κ1) is 25.6. The van der Waals surface area contributed by atoms with Gasteiger partial charge in [0.1, 0.15) is 9.22 Å². The Labute approximate surface area is 221 Å². The van der Waals surface area contributed by atoms with Crippen molar-refractivity contribution in [2.24, 2.45) is 5.73 Å². The first-order valence-electron chi connectivity index (χ1n) is 11.4. The molecule has 13 heteroatoms. The lowest BCUT2D eigenvalue weighted by Gasteiger charge is -2.39. The molecule has 2 aliphatic rings. The number of piperazine rings is 1. The molecule has 2 amide bonds. The quantitative estimate of drug-likeness (QED) is 0.467. The van der Waals surface area contributed by atoms with Gasteiger partial charge in [-0.2, -0.15) is 4.31 Å². The SMILES string of the molecule is COCC1CN(S(=O)(=O)c2cc3ccc(Cl)cc3s2)CC(=O)N1Cc1nc2c(s1)CCCC2C(N)=O. The molecule has 3 heterocycles. The number of carbonyl (C=O) groups excluding carboxylic acids is 2. The number of nitrogens with two attached hydrogens (primary N) is 1. The van der Waals surface area contributed by atoms with Crippen LogP contribution < -0.4 is 5.73 Å². The molecule has 2 unspecified atom stereocenters. The van der Waals surface area contributed by atoms with Crippen molar-refractivity contribution in [3.63, 3.8) is 0 Å². The van der Waals surface area contributed by atoms with E-state index in [9.17, 15) is 18.0 Å². The van der Waals surface area contributed by atoms with Crippen LogP contribution in [-0.2, 0) is 37.3 Å². The second-order valence-electron chi connectivity index (χ2n) is 8.94. The fourth-order valence-electron chi connectivity index (χ4n) is 4.77. The monoisotopic (exact) mass is 568 g/mol. The molecule has 1 saturated heterocycles. The molecule has 36 heavy (non-hydrogen) atoms. The van der Waals surface area contributed by atoms with E-state index in [2.05, 4.69) is 4.98 Å². The number of amides is 2. The first-order valence-corrected chi connectivity index (χ1v) is 14.9. The van der Waals surface area contributed by atoms with Gasteiger partial charge in [-0.15, -0.1) is 22.7 Å². The van der Waals surface area contributed by atoms with E-state index in [1.807, 2.05) is 0 Å². The Kier molecular flexibility index (Phi) is 7.09. The average Bonchev–Trinajstić information content (AvgIpc) is 3.44. The van der Waals surface area contributed by atoms with E-state index in [0.717, 1.165) is 44.8 Å². The predicted molar refractivity (Wildman–Crippen MR) is 139 cm³/mol. The Morgan fingerprint density at radius 3 is 2.86 bits per heavy atom. The second-order valence-corrected chi connectivity index (χ2v) is 13.8. The number of aryl methyl sites for hydroxylation is 1. The smallest absolute Gasteiger partial charge is 0.253 e. The summed E-state index contributed by atoms with van der Waals surface area (Å²) < 4.78 is 34.4. The summed E-state index contributed by atoms with van der Waals surface area (Å²) in [5, 5.41) is 2.02. The van der Waals surface area contributed by atoms with Gasteiger partial charge in [-0.05, 0) is 42.8 Å². The average molecular weight is 569 g/mol. The maximum atomic E-state index is 13.5. The molecule has 3 aromatic rings. The summed E-state index contributed by atoms with van der Waals surface area (Å²) in [5.41, 5.74) is 6.29. The number of hydrogen-bond donors (Lipinski definition) is 1. The first-order chi connectivity index (χ1) is 17.2. The number of rotatable bonds is 7. The van der Waals surface area contributed by atoms with Crippen LogP contribution in [0.5, 0.6) is 0 Å². The van der Waals surface area contributed by atoms with Crippen LogP contribution in [0.25, 0.3) is 10.1 Å². The molecule has 0 bridgehead atoms. The maximum absolute atomic E-state index is 13.5. The highest BCUT2D eigenvalue weighted by molar-refractivity contribution is 7.91. The normalized spacial score (nSPS) is 21.2. The fourth-order valence-corrected chi connectivity index (χ4v) is 9.20. The summed E-state index contributed by atoms with van der Waals surface area (Å²) in [6.45, 7) is 0.235. The van der Waals surface area contributed by atoms with Crippen LogP contribution in [0.15, 0.2) is 28.5 Å². The van der Waals surface area contributed by atoms with Gasteiger partial charge in [0.25, 0.3) is 10.0 Å². The lowest BCUT2D eigenvalue weighted by Crippen LogP contribution is -2.58. The van der Waals surface area contributed by atoms with Crippen molar-refractivity contribution in [3.05, 3.63) is 44.9 Å². The van der Waals surface area contributed by atoms with Crippen molar-refractivity contribution in [3.8, 4) is 0 Å². The molecule has 0 spiro atoms. The van der Waals surface area contributed by atoms with Crippen molar-refractivity contribution < 1.29 is 22.7 Å². The number of sulfonamides is 1. The third-order valence-corrected chi connectivity index (χ3v) is 11.3. The molecule has 2 atom stereocenters. The molecule has 2 N–H and O–H groups in total. The number of thiazole rings is 1. The topological polar surface area (TPSA) is 123 Å². The maximum Gasteiger partial charge on any atom is 0.253 e. The van der Waals surface area contributed by atoms with Crippen LogP contribution >= 0.6 is 34.3 Å². The Balaban J connectivity index is 1.38. The van der Waals surface area contributed by atoms with Gasteiger partial charge >= 0.3 is 0 Å². The van der Waals surface area contributed by atoms with Gasteiger partial charge < -0.3 is 15.4 Å². The zero-order valence-electron chi connectivity index (χ0n) is 19.5. The Bertz CT molecular complexity index is 1440. The number of fused-ring (bicyclic) bond motifs is 2. The van der Waals surface area contributed by atoms with E-state index < -0.39 is 22.0 Å². The number of hydrogen-bond acceptors (Lipinski definition) is 8. The largest absolute Gasteiger partial charge is 0.382 e. The van der Waals surface area contributed by atoms with Gasteiger partial charge in [-0.25, -0.2) is 13.4 Å². The third kappa shape index (κ3) is 4.77. The minimum atomic E-state index is -3.89. The molecule has 0 saturated carbocycles. The molecule has 1 fully saturated rings. The molecule has 1 aromatic carbocycles. The molecule has 2 aromatic heterocycles. The van der Waals surface area contributed by atoms with E-state index in [4.69, 9.17) is 22.1 Å². The number of primary amides is 1. The van der Waals surface area contributed by atoms with Crippen LogP contribution in [0.1, 0.15) is 34.3 Å². The van der Waals surface area contributed by atoms with Gasteiger partial charge in [0.05, 0.1) is 37.4 Å². The van der Waals surface area contributed by atoms with Crippen molar-refractivity contribution >= 4 is 66.2 Å². The second kappa shape index (κ2) is 9.99. The molecule has 5 rings (SSSR count). The molecule has 0 radical (unpaired) electrons. The summed E-state index contributed by atoms with van der Waals surface area (Å²) >= 11 is 8.68. The summed E-state index contributed by atoms with van der Waals surface area (Å²) in [5.74, 6) is -1.11. The number of aromatic nitrogens is 1. The Morgan fingerprint density at radius 2 is 2.11 bits per heavy atom. The van der Waals surface area contributed by atoms with Crippen LogP contribution in [-0.4, -0.2) is 67.3 Å². The lowest BCUT2D eigenvalue weighted by atomic mass is 9.90. The van der Waals surface area contributed by atoms with Gasteiger partial charge in [0.2, 0.25) is 11.8 Å². The highest BCUT2D eigenvalue weighted by Crippen LogP contribution is 2.36. The number of benzene rings is 1. The van der Waals surface area contributed by atoms with Gasteiger partial charge in [-0.3, -0.25) is 9.59 Å². The zero-order chi connectivity index (χ0) is 25.6. The van der Waals surface area contributed by atoms with E-state index in [0.29, 0.717) is 16.5 Å². The minimum absolute atomic E-state index is 0.103. The summed E-state index contributed by atoms with van der Waals surface area (Å²) in [7, 11) is -2.38. The van der Waals surface area contributed by atoms with Crippen LogP contribution in [0.3, 0.4) is 0 Å². The van der Waals surface area contributed by atoms with E-state index >= 15 is 0 Å². The highest BCUT2D eigenvalue weighted by Gasteiger charge is 2.40. The van der Waals surface area contributed by atoms with Crippen LogP contribution in [0.4, 0.5) is 0 Å². The van der Waals surface area contributed by atoms with Crippen LogP contribution in [0, 0.1) is 0 Å². The minimum Gasteiger partial charge on any atom is -0.382 e. The van der Waals surface area contributed by atoms with Crippen molar-refractivity contribution in [2.45, 2.75) is 42.0 Å². The number of ether oxygens (including phenoxy) is 1. The highest BCUT2D eigenvalue weighted by atomic mass is 35.5. The number of halogens is 1.